The van der Waals surface area contributed by atoms with E-state index in [1.54, 1.807) is 7.11 Å². The van der Waals surface area contributed by atoms with E-state index in [1.165, 1.54) is 16.6 Å². The first kappa shape index (κ1) is 14.2. The first-order valence-electron chi connectivity index (χ1n) is 7.18. The van der Waals surface area contributed by atoms with Gasteiger partial charge >= 0.3 is 0 Å². The number of hydrogen-bond donors (Lipinski definition) is 1. The highest BCUT2D eigenvalue weighted by atomic mass is 16.5. The molecule has 0 saturated heterocycles. The summed E-state index contributed by atoms with van der Waals surface area (Å²) in [6, 6.07) is 16.0. The van der Waals surface area contributed by atoms with Crippen LogP contribution in [0.4, 0.5) is 5.69 Å². The molecule has 0 amide bonds. The van der Waals surface area contributed by atoms with Crippen LogP contribution in [-0.2, 0) is 7.05 Å². The SMILES string of the molecule is COc1ccc(N/N=C/c2c(C)n(C)c3ccccc23)cc1. The molecule has 4 nitrogen and oxygen atoms in total. The summed E-state index contributed by atoms with van der Waals surface area (Å²) in [7, 11) is 3.73. The highest BCUT2D eigenvalue weighted by Crippen LogP contribution is 2.23. The lowest BCUT2D eigenvalue weighted by Gasteiger charge is -2.02. The summed E-state index contributed by atoms with van der Waals surface area (Å²) in [5, 5.41) is 5.57. The highest BCUT2D eigenvalue weighted by Gasteiger charge is 2.08. The van der Waals surface area contributed by atoms with Gasteiger partial charge in [-0.25, -0.2) is 0 Å². The third kappa shape index (κ3) is 2.55. The predicted molar refractivity (Wildman–Crippen MR) is 91.9 cm³/mol. The Bertz CT molecular complexity index is 816. The maximum absolute atomic E-state index is 5.14. The van der Waals surface area contributed by atoms with Gasteiger partial charge in [0.25, 0.3) is 0 Å². The fraction of sp³-hybridized carbons (Fsp3) is 0.167. The number of benzene rings is 2. The minimum Gasteiger partial charge on any atom is -0.497 e. The largest absolute Gasteiger partial charge is 0.497 e. The Morgan fingerprint density at radius 3 is 2.55 bits per heavy atom. The second-order valence-corrected chi connectivity index (χ2v) is 5.17. The number of para-hydroxylation sites is 1. The maximum atomic E-state index is 5.14. The zero-order valence-electron chi connectivity index (χ0n) is 13.0. The van der Waals surface area contributed by atoms with Crippen molar-refractivity contribution in [2.24, 2.45) is 12.1 Å². The number of rotatable bonds is 4. The van der Waals surface area contributed by atoms with Crippen molar-refractivity contribution in [3.05, 3.63) is 59.8 Å². The molecule has 1 N–H and O–H groups in total. The molecule has 0 spiro atoms. The van der Waals surface area contributed by atoms with Crippen LogP contribution in [0.2, 0.25) is 0 Å². The molecule has 1 heterocycles. The van der Waals surface area contributed by atoms with Crippen molar-refractivity contribution in [2.75, 3.05) is 12.5 Å². The minimum atomic E-state index is 0.833. The lowest BCUT2D eigenvalue weighted by molar-refractivity contribution is 0.415. The number of methoxy groups -OCH3 is 1. The number of hydrazone groups is 1. The fourth-order valence-corrected chi connectivity index (χ4v) is 2.55. The Labute approximate surface area is 130 Å². The van der Waals surface area contributed by atoms with Gasteiger partial charge in [-0.05, 0) is 37.3 Å². The third-order valence-electron chi connectivity index (χ3n) is 3.93. The Morgan fingerprint density at radius 2 is 1.82 bits per heavy atom. The number of ether oxygens (including phenoxy) is 1. The average Bonchev–Trinajstić information content (AvgIpc) is 2.81. The molecule has 2 aromatic carbocycles. The summed E-state index contributed by atoms with van der Waals surface area (Å²) in [5.74, 6) is 0.833. The van der Waals surface area contributed by atoms with E-state index in [0.29, 0.717) is 0 Å². The van der Waals surface area contributed by atoms with Gasteiger partial charge in [-0.1, -0.05) is 18.2 Å². The zero-order valence-corrected chi connectivity index (χ0v) is 13.0. The monoisotopic (exact) mass is 293 g/mol. The molecule has 0 radical (unpaired) electrons. The van der Waals surface area contributed by atoms with Crippen molar-refractivity contribution < 1.29 is 4.74 Å². The van der Waals surface area contributed by atoms with Crippen LogP contribution in [0.1, 0.15) is 11.3 Å². The van der Waals surface area contributed by atoms with Gasteiger partial charge in [0.2, 0.25) is 0 Å². The first-order chi connectivity index (χ1) is 10.7. The van der Waals surface area contributed by atoms with Crippen LogP contribution in [-0.4, -0.2) is 17.9 Å². The van der Waals surface area contributed by atoms with Gasteiger partial charge in [-0.15, -0.1) is 0 Å². The summed E-state index contributed by atoms with van der Waals surface area (Å²) in [4.78, 5) is 0. The van der Waals surface area contributed by atoms with E-state index >= 15 is 0 Å². The van der Waals surface area contributed by atoms with E-state index in [1.807, 2.05) is 30.5 Å². The number of anilines is 1. The number of aryl methyl sites for hydroxylation is 1. The molecule has 0 atom stereocenters. The topological polar surface area (TPSA) is 38.5 Å². The van der Waals surface area contributed by atoms with Gasteiger partial charge < -0.3 is 9.30 Å². The second-order valence-electron chi connectivity index (χ2n) is 5.17. The molecule has 22 heavy (non-hydrogen) atoms. The summed E-state index contributed by atoms with van der Waals surface area (Å²) in [6.07, 6.45) is 1.88. The van der Waals surface area contributed by atoms with Crippen molar-refractivity contribution in [2.45, 2.75) is 6.92 Å². The summed E-state index contributed by atoms with van der Waals surface area (Å²) in [6.45, 7) is 2.11. The van der Waals surface area contributed by atoms with E-state index in [2.05, 4.69) is 53.3 Å². The molecule has 0 fully saturated rings. The summed E-state index contributed by atoms with van der Waals surface area (Å²) in [5.41, 5.74) is 7.52. The molecule has 0 aliphatic heterocycles. The molecule has 3 aromatic rings. The number of hydrogen-bond acceptors (Lipinski definition) is 3. The number of fused-ring (bicyclic) bond motifs is 1. The standard InChI is InChI=1S/C18H19N3O/c1-13-17(16-6-4-5-7-18(16)21(13)2)12-19-20-14-8-10-15(22-3)11-9-14/h4-12,20H,1-3H3/b19-12+. The Hall–Kier alpha value is -2.75. The van der Waals surface area contributed by atoms with E-state index in [9.17, 15) is 0 Å². The van der Waals surface area contributed by atoms with Gasteiger partial charge in [0.1, 0.15) is 5.75 Å². The van der Waals surface area contributed by atoms with Crippen LogP contribution < -0.4 is 10.2 Å². The summed E-state index contributed by atoms with van der Waals surface area (Å²) >= 11 is 0. The highest BCUT2D eigenvalue weighted by molar-refractivity contribution is 6.01. The van der Waals surface area contributed by atoms with Gasteiger partial charge in [0, 0.05) is 29.2 Å². The predicted octanol–water partition coefficient (Wildman–Crippen LogP) is 3.94. The molecule has 0 bridgehead atoms. The number of nitrogens with zero attached hydrogens (tertiary/aromatic N) is 2. The van der Waals surface area contributed by atoms with Crippen LogP contribution in [0.15, 0.2) is 53.6 Å². The molecule has 0 saturated carbocycles. The Morgan fingerprint density at radius 1 is 1.09 bits per heavy atom. The Kier molecular flexibility index (Phi) is 3.83. The minimum absolute atomic E-state index is 0.833. The van der Waals surface area contributed by atoms with Crippen molar-refractivity contribution in [3.63, 3.8) is 0 Å². The quantitative estimate of drug-likeness (QED) is 0.584. The summed E-state index contributed by atoms with van der Waals surface area (Å²) < 4.78 is 7.33. The van der Waals surface area contributed by atoms with E-state index in [-0.39, 0.29) is 0 Å². The number of nitrogens with one attached hydrogen (secondary N) is 1. The molecule has 3 rings (SSSR count). The van der Waals surface area contributed by atoms with Crippen molar-refractivity contribution >= 4 is 22.8 Å². The van der Waals surface area contributed by atoms with Gasteiger partial charge in [0.15, 0.2) is 0 Å². The van der Waals surface area contributed by atoms with E-state index < -0.39 is 0 Å². The van der Waals surface area contributed by atoms with E-state index in [0.717, 1.165) is 17.0 Å². The molecule has 0 aliphatic rings. The molecule has 1 aromatic heterocycles. The van der Waals surface area contributed by atoms with E-state index in [4.69, 9.17) is 4.74 Å². The molecular weight excluding hydrogens is 274 g/mol. The van der Waals surface area contributed by atoms with Crippen LogP contribution >= 0.6 is 0 Å². The van der Waals surface area contributed by atoms with Crippen LogP contribution in [0.5, 0.6) is 5.75 Å². The lowest BCUT2D eigenvalue weighted by atomic mass is 10.1. The smallest absolute Gasteiger partial charge is 0.119 e. The van der Waals surface area contributed by atoms with Crippen LogP contribution in [0.25, 0.3) is 10.9 Å². The van der Waals surface area contributed by atoms with Crippen LogP contribution in [0, 0.1) is 6.92 Å². The fourth-order valence-electron chi connectivity index (χ4n) is 2.55. The molecule has 4 heteroatoms. The van der Waals surface area contributed by atoms with Crippen LogP contribution in [0.3, 0.4) is 0 Å². The second kappa shape index (κ2) is 5.93. The molecule has 0 aliphatic carbocycles. The van der Waals surface area contributed by atoms with Gasteiger partial charge in [-0.3, -0.25) is 5.43 Å². The normalized spacial score (nSPS) is 11.2. The van der Waals surface area contributed by atoms with Gasteiger partial charge in [0.05, 0.1) is 19.0 Å². The zero-order chi connectivity index (χ0) is 15.5. The van der Waals surface area contributed by atoms with Crippen molar-refractivity contribution in [1.82, 2.24) is 4.57 Å². The number of aromatic nitrogens is 1. The third-order valence-corrected chi connectivity index (χ3v) is 3.93. The van der Waals surface area contributed by atoms with Crippen molar-refractivity contribution in [3.8, 4) is 5.75 Å². The Balaban J connectivity index is 1.85. The maximum Gasteiger partial charge on any atom is 0.119 e. The average molecular weight is 293 g/mol. The first-order valence-corrected chi connectivity index (χ1v) is 7.18. The van der Waals surface area contributed by atoms with Gasteiger partial charge in [-0.2, -0.15) is 5.10 Å². The van der Waals surface area contributed by atoms with Crippen molar-refractivity contribution in [1.29, 1.82) is 0 Å². The lowest BCUT2D eigenvalue weighted by Crippen LogP contribution is -1.94. The molecule has 0 unspecified atom stereocenters. The molecular formula is C18H19N3O. The molecule has 112 valence electrons.